The van der Waals surface area contributed by atoms with Crippen LogP contribution in [0.1, 0.15) is 40.7 Å². The summed E-state index contributed by atoms with van der Waals surface area (Å²) in [5.41, 5.74) is 1.80. The van der Waals surface area contributed by atoms with Gasteiger partial charge in [-0.1, -0.05) is 24.6 Å². The molecule has 0 unspecified atom stereocenters. The van der Waals surface area contributed by atoms with Gasteiger partial charge in [0.25, 0.3) is 0 Å². The zero-order valence-corrected chi connectivity index (χ0v) is 15.7. The van der Waals surface area contributed by atoms with Gasteiger partial charge in [0, 0.05) is 18.7 Å². The van der Waals surface area contributed by atoms with E-state index in [9.17, 15) is 13.2 Å². The number of nitriles is 1. The molecule has 0 amide bonds. The monoisotopic (exact) mass is 380 g/mol. The standard InChI is InChI=1S/C21H20N2O3S/c22-16-18-6-4-17(5-7-18)8-13-21(24)19-9-11-20(12-10-19)27(25,26)23-14-2-1-3-15-23/h4-13H,1-3,14-15H2/b13-8+. The van der Waals surface area contributed by atoms with Gasteiger partial charge in [0.05, 0.1) is 16.5 Å². The molecule has 27 heavy (non-hydrogen) atoms. The number of rotatable bonds is 5. The van der Waals surface area contributed by atoms with Gasteiger partial charge in [0.15, 0.2) is 5.78 Å². The third kappa shape index (κ3) is 4.51. The molecule has 1 saturated heterocycles. The summed E-state index contributed by atoms with van der Waals surface area (Å²) in [7, 11) is -3.49. The molecular weight excluding hydrogens is 360 g/mol. The Morgan fingerprint density at radius 2 is 1.59 bits per heavy atom. The molecule has 1 aliphatic rings. The maximum Gasteiger partial charge on any atom is 0.243 e. The fraction of sp³-hybridized carbons (Fsp3) is 0.238. The van der Waals surface area contributed by atoms with Crippen LogP contribution in [0.5, 0.6) is 0 Å². The minimum Gasteiger partial charge on any atom is -0.289 e. The van der Waals surface area contributed by atoms with Crippen molar-refractivity contribution in [3.63, 3.8) is 0 Å². The second kappa shape index (κ2) is 8.30. The molecule has 0 radical (unpaired) electrons. The lowest BCUT2D eigenvalue weighted by Crippen LogP contribution is -2.35. The summed E-state index contributed by atoms with van der Waals surface area (Å²) in [6.45, 7) is 1.10. The molecular formula is C21H20N2O3S. The third-order valence-electron chi connectivity index (χ3n) is 4.56. The number of allylic oxidation sites excluding steroid dienone is 1. The third-order valence-corrected chi connectivity index (χ3v) is 6.47. The first-order valence-corrected chi connectivity index (χ1v) is 10.3. The SMILES string of the molecule is N#Cc1ccc(/C=C/C(=O)c2ccc(S(=O)(=O)N3CCCCC3)cc2)cc1. The lowest BCUT2D eigenvalue weighted by Gasteiger charge is -2.25. The van der Waals surface area contributed by atoms with Crippen molar-refractivity contribution in [2.75, 3.05) is 13.1 Å². The molecule has 1 heterocycles. The highest BCUT2D eigenvalue weighted by atomic mass is 32.2. The first-order valence-electron chi connectivity index (χ1n) is 8.83. The van der Waals surface area contributed by atoms with E-state index in [-0.39, 0.29) is 10.7 Å². The predicted molar refractivity (Wildman–Crippen MR) is 104 cm³/mol. The van der Waals surface area contributed by atoms with Crippen LogP contribution in [0.4, 0.5) is 0 Å². The highest BCUT2D eigenvalue weighted by molar-refractivity contribution is 7.89. The largest absolute Gasteiger partial charge is 0.289 e. The molecule has 2 aromatic rings. The van der Waals surface area contributed by atoms with E-state index < -0.39 is 10.0 Å². The number of carbonyl (C=O) groups is 1. The van der Waals surface area contributed by atoms with E-state index in [1.54, 1.807) is 42.5 Å². The van der Waals surface area contributed by atoms with Crippen LogP contribution in [0.2, 0.25) is 0 Å². The van der Waals surface area contributed by atoms with Crippen LogP contribution in [-0.4, -0.2) is 31.6 Å². The Bertz CT molecular complexity index is 979. The number of nitrogens with zero attached hydrogens (tertiary/aromatic N) is 2. The summed E-state index contributed by atoms with van der Waals surface area (Å²) in [4.78, 5) is 12.5. The molecule has 0 saturated carbocycles. The predicted octanol–water partition coefficient (Wildman–Crippen LogP) is 3.63. The first kappa shape index (κ1) is 19.0. The Balaban J connectivity index is 1.71. The molecule has 6 heteroatoms. The summed E-state index contributed by atoms with van der Waals surface area (Å²) in [6.07, 6.45) is 5.94. The summed E-state index contributed by atoms with van der Waals surface area (Å²) in [6, 6.07) is 15.0. The number of benzene rings is 2. The molecule has 0 N–H and O–H groups in total. The smallest absolute Gasteiger partial charge is 0.243 e. The second-order valence-corrected chi connectivity index (χ2v) is 8.36. The van der Waals surface area contributed by atoms with E-state index in [0.29, 0.717) is 24.2 Å². The molecule has 0 bridgehead atoms. The average molecular weight is 380 g/mol. The van der Waals surface area contributed by atoms with Gasteiger partial charge in [-0.3, -0.25) is 4.79 Å². The molecule has 138 valence electrons. The van der Waals surface area contributed by atoms with Gasteiger partial charge in [-0.15, -0.1) is 0 Å². The number of hydrogen-bond donors (Lipinski definition) is 0. The maximum atomic E-state index is 12.6. The van der Waals surface area contributed by atoms with E-state index in [1.807, 2.05) is 6.07 Å². The van der Waals surface area contributed by atoms with Crippen molar-refractivity contribution >= 4 is 21.9 Å². The van der Waals surface area contributed by atoms with Crippen LogP contribution < -0.4 is 0 Å². The lowest BCUT2D eigenvalue weighted by atomic mass is 10.1. The maximum absolute atomic E-state index is 12.6. The molecule has 0 aromatic heterocycles. The van der Waals surface area contributed by atoms with Gasteiger partial charge in [-0.25, -0.2) is 8.42 Å². The van der Waals surface area contributed by atoms with Gasteiger partial charge < -0.3 is 0 Å². The zero-order chi connectivity index (χ0) is 19.3. The summed E-state index contributed by atoms with van der Waals surface area (Å²) >= 11 is 0. The van der Waals surface area contributed by atoms with Crippen molar-refractivity contribution in [2.45, 2.75) is 24.2 Å². The van der Waals surface area contributed by atoms with Crippen LogP contribution in [0, 0.1) is 11.3 Å². The van der Waals surface area contributed by atoms with Gasteiger partial charge in [0.1, 0.15) is 0 Å². The molecule has 0 spiro atoms. The van der Waals surface area contributed by atoms with Crippen LogP contribution in [0.25, 0.3) is 6.08 Å². The summed E-state index contributed by atoms with van der Waals surface area (Å²) in [5, 5.41) is 8.79. The Hall–Kier alpha value is -2.75. The summed E-state index contributed by atoms with van der Waals surface area (Å²) < 4.78 is 26.8. The fourth-order valence-corrected chi connectivity index (χ4v) is 4.50. The molecule has 1 aliphatic heterocycles. The van der Waals surface area contributed by atoms with Crippen molar-refractivity contribution in [3.05, 3.63) is 71.3 Å². The molecule has 2 aromatic carbocycles. The molecule has 0 aliphatic carbocycles. The average Bonchev–Trinajstić information content (AvgIpc) is 2.73. The van der Waals surface area contributed by atoms with Crippen LogP contribution in [0.15, 0.2) is 59.5 Å². The number of sulfonamides is 1. The van der Waals surface area contributed by atoms with Crippen LogP contribution in [-0.2, 0) is 10.0 Å². The normalized spacial score (nSPS) is 15.5. The van der Waals surface area contributed by atoms with E-state index in [4.69, 9.17) is 5.26 Å². The number of ketones is 1. The highest BCUT2D eigenvalue weighted by Gasteiger charge is 2.25. The summed E-state index contributed by atoms with van der Waals surface area (Å²) in [5.74, 6) is -0.207. The highest BCUT2D eigenvalue weighted by Crippen LogP contribution is 2.21. The quantitative estimate of drug-likeness (QED) is 0.586. The van der Waals surface area contributed by atoms with Crippen LogP contribution in [0.3, 0.4) is 0 Å². The molecule has 1 fully saturated rings. The Morgan fingerprint density at radius 1 is 0.963 bits per heavy atom. The number of carbonyl (C=O) groups excluding carboxylic acids is 1. The van der Waals surface area contributed by atoms with Crippen molar-refractivity contribution < 1.29 is 13.2 Å². The molecule has 3 rings (SSSR count). The van der Waals surface area contributed by atoms with Gasteiger partial charge in [0.2, 0.25) is 10.0 Å². The minimum absolute atomic E-state index is 0.207. The van der Waals surface area contributed by atoms with Crippen molar-refractivity contribution in [1.29, 1.82) is 5.26 Å². The van der Waals surface area contributed by atoms with Gasteiger partial charge >= 0.3 is 0 Å². The number of piperidine rings is 1. The first-order chi connectivity index (χ1) is 13.0. The van der Waals surface area contributed by atoms with Crippen molar-refractivity contribution in [3.8, 4) is 6.07 Å². The van der Waals surface area contributed by atoms with E-state index in [0.717, 1.165) is 24.8 Å². The van der Waals surface area contributed by atoms with Gasteiger partial charge in [-0.05, 0) is 60.9 Å². The van der Waals surface area contributed by atoms with Crippen molar-refractivity contribution in [1.82, 2.24) is 4.31 Å². The van der Waals surface area contributed by atoms with Gasteiger partial charge in [-0.2, -0.15) is 9.57 Å². The fourth-order valence-electron chi connectivity index (χ4n) is 2.98. The molecule has 0 atom stereocenters. The van der Waals surface area contributed by atoms with E-state index >= 15 is 0 Å². The second-order valence-electron chi connectivity index (χ2n) is 6.42. The van der Waals surface area contributed by atoms with E-state index in [1.165, 1.54) is 22.5 Å². The Labute approximate surface area is 159 Å². The van der Waals surface area contributed by atoms with E-state index in [2.05, 4.69) is 0 Å². The molecule has 5 nitrogen and oxygen atoms in total. The number of hydrogen-bond acceptors (Lipinski definition) is 4. The van der Waals surface area contributed by atoms with Crippen LogP contribution >= 0.6 is 0 Å². The minimum atomic E-state index is -3.49. The zero-order valence-electron chi connectivity index (χ0n) is 14.8. The lowest BCUT2D eigenvalue weighted by molar-refractivity contribution is 0.104. The topological polar surface area (TPSA) is 78.2 Å². The van der Waals surface area contributed by atoms with Crippen molar-refractivity contribution in [2.24, 2.45) is 0 Å². The Kier molecular flexibility index (Phi) is 5.84. The Morgan fingerprint density at radius 3 is 2.19 bits per heavy atom.